The van der Waals surface area contributed by atoms with E-state index in [1.54, 1.807) is 18.2 Å². The third kappa shape index (κ3) is 2.89. The van der Waals surface area contributed by atoms with Crippen LogP contribution in [0.25, 0.3) is 10.8 Å². The second-order valence-corrected chi connectivity index (χ2v) is 5.22. The molecule has 0 saturated carbocycles. The van der Waals surface area contributed by atoms with Crippen LogP contribution in [0.2, 0.25) is 0 Å². The molecule has 0 radical (unpaired) electrons. The van der Waals surface area contributed by atoms with Crippen LogP contribution in [0.4, 0.5) is 0 Å². The zero-order valence-electron chi connectivity index (χ0n) is 10.0. The Balaban J connectivity index is 0.00000144. The van der Waals surface area contributed by atoms with Crippen LogP contribution in [0.1, 0.15) is 11.1 Å². The molecule has 0 fully saturated rings. The molecule has 0 N–H and O–H groups in total. The maximum absolute atomic E-state index is 11.1. The van der Waals surface area contributed by atoms with Gasteiger partial charge < -0.3 is 4.55 Å². The average Bonchev–Trinajstić information content (AvgIpc) is 2.17. The van der Waals surface area contributed by atoms with Crippen LogP contribution >= 0.6 is 0 Å². The maximum atomic E-state index is 11.1. The topological polar surface area (TPSA) is 57.2 Å². The van der Waals surface area contributed by atoms with Gasteiger partial charge >= 0.3 is 29.6 Å². The van der Waals surface area contributed by atoms with E-state index in [1.807, 2.05) is 19.9 Å². The molecule has 0 heterocycles. The molecule has 17 heavy (non-hydrogen) atoms. The monoisotopic (exact) mass is 258 g/mol. The minimum Gasteiger partial charge on any atom is -0.744 e. The summed E-state index contributed by atoms with van der Waals surface area (Å²) in [7, 11) is -4.41. The van der Waals surface area contributed by atoms with Crippen LogP contribution in [0, 0.1) is 13.8 Å². The Labute approximate surface area is 123 Å². The van der Waals surface area contributed by atoms with Gasteiger partial charge in [0.05, 0.1) is 4.90 Å². The fourth-order valence-corrected chi connectivity index (χ4v) is 2.43. The Morgan fingerprint density at radius 2 is 1.65 bits per heavy atom. The van der Waals surface area contributed by atoms with Gasteiger partial charge in [-0.2, -0.15) is 0 Å². The molecule has 0 aliphatic rings. The van der Waals surface area contributed by atoms with Crippen molar-refractivity contribution in [1.82, 2.24) is 0 Å². The molecule has 0 unspecified atom stereocenters. The average molecular weight is 258 g/mol. The first-order valence-corrected chi connectivity index (χ1v) is 6.26. The fourth-order valence-electron chi connectivity index (χ4n) is 1.74. The molecule has 0 aliphatic heterocycles. The summed E-state index contributed by atoms with van der Waals surface area (Å²) in [5.74, 6) is 0. The molecule has 0 aliphatic carbocycles. The standard InChI is InChI=1S/C12H12O3S.Na/c1-8-6-10-4-3-5-12(16(13,14)15)11(10)7-9(8)2;/h3-7H,1-2H3,(H,13,14,15);/q;+1/p-1. The van der Waals surface area contributed by atoms with E-state index in [2.05, 4.69) is 0 Å². The summed E-state index contributed by atoms with van der Waals surface area (Å²) in [6.07, 6.45) is 0. The summed E-state index contributed by atoms with van der Waals surface area (Å²) in [6, 6.07) is 8.37. The largest absolute Gasteiger partial charge is 1.00 e. The Kier molecular flexibility index (Phi) is 4.38. The smallest absolute Gasteiger partial charge is 0.744 e. The van der Waals surface area contributed by atoms with Crippen molar-refractivity contribution in [3.63, 3.8) is 0 Å². The zero-order chi connectivity index (χ0) is 11.9. The van der Waals surface area contributed by atoms with E-state index in [9.17, 15) is 13.0 Å². The molecule has 2 rings (SSSR count). The van der Waals surface area contributed by atoms with E-state index in [1.165, 1.54) is 6.07 Å². The number of hydrogen-bond acceptors (Lipinski definition) is 3. The van der Waals surface area contributed by atoms with E-state index in [4.69, 9.17) is 0 Å². The van der Waals surface area contributed by atoms with Gasteiger partial charge in [-0.1, -0.05) is 18.2 Å². The van der Waals surface area contributed by atoms with Crippen molar-refractivity contribution in [2.45, 2.75) is 18.7 Å². The molecule has 0 amide bonds. The Morgan fingerprint density at radius 1 is 1.06 bits per heavy atom. The van der Waals surface area contributed by atoms with Crippen molar-refractivity contribution in [1.29, 1.82) is 0 Å². The van der Waals surface area contributed by atoms with Crippen LogP contribution in [-0.4, -0.2) is 13.0 Å². The van der Waals surface area contributed by atoms with Gasteiger partial charge in [0.2, 0.25) is 0 Å². The van der Waals surface area contributed by atoms with Crippen LogP contribution in [-0.2, 0) is 10.1 Å². The van der Waals surface area contributed by atoms with Gasteiger partial charge in [-0.25, -0.2) is 8.42 Å². The molecule has 0 aromatic heterocycles. The first-order valence-electron chi connectivity index (χ1n) is 4.85. The summed E-state index contributed by atoms with van der Waals surface area (Å²) in [6.45, 7) is 3.84. The Morgan fingerprint density at radius 3 is 2.24 bits per heavy atom. The first kappa shape index (κ1) is 14.7. The number of hydrogen-bond donors (Lipinski definition) is 0. The molecular weight excluding hydrogens is 247 g/mol. The quantitative estimate of drug-likeness (QED) is 0.505. The van der Waals surface area contributed by atoms with Crippen molar-refractivity contribution in [2.24, 2.45) is 0 Å². The van der Waals surface area contributed by atoms with Gasteiger partial charge in [0.15, 0.2) is 0 Å². The first-order chi connectivity index (χ1) is 7.39. The molecule has 2 aromatic carbocycles. The maximum Gasteiger partial charge on any atom is 1.00 e. The van der Waals surface area contributed by atoms with E-state index in [0.717, 1.165) is 16.5 Å². The summed E-state index contributed by atoms with van der Waals surface area (Å²) < 4.78 is 33.3. The third-order valence-corrected chi connectivity index (χ3v) is 3.62. The van der Waals surface area contributed by atoms with Crippen molar-refractivity contribution in [3.05, 3.63) is 41.5 Å². The molecule has 84 valence electrons. The van der Waals surface area contributed by atoms with Crippen molar-refractivity contribution in [2.75, 3.05) is 0 Å². The summed E-state index contributed by atoms with van der Waals surface area (Å²) >= 11 is 0. The van der Waals surface area contributed by atoms with Crippen molar-refractivity contribution >= 4 is 20.9 Å². The Hall–Kier alpha value is -0.390. The summed E-state index contributed by atoms with van der Waals surface area (Å²) in [5.41, 5.74) is 2.05. The molecule has 2 aromatic rings. The molecule has 0 bridgehead atoms. The number of rotatable bonds is 1. The SMILES string of the molecule is Cc1cc2cccc(S(=O)(=O)[O-])c2cc1C.[Na+]. The summed E-state index contributed by atoms with van der Waals surface area (Å²) in [4.78, 5) is -0.145. The van der Waals surface area contributed by atoms with Gasteiger partial charge in [-0.3, -0.25) is 0 Å². The third-order valence-electron chi connectivity index (χ3n) is 2.72. The van der Waals surface area contributed by atoms with Crippen LogP contribution in [0.3, 0.4) is 0 Å². The van der Waals surface area contributed by atoms with E-state index in [0.29, 0.717) is 5.39 Å². The molecule has 5 heteroatoms. The number of aryl methyl sites for hydroxylation is 2. The van der Waals surface area contributed by atoms with Gasteiger partial charge in [0.25, 0.3) is 0 Å². The minimum atomic E-state index is -4.41. The molecule has 0 spiro atoms. The van der Waals surface area contributed by atoms with Crippen molar-refractivity contribution in [3.8, 4) is 0 Å². The van der Waals surface area contributed by atoms with E-state index in [-0.39, 0.29) is 34.5 Å². The molecule has 0 atom stereocenters. The minimum absolute atomic E-state index is 0. The van der Waals surface area contributed by atoms with Crippen LogP contribution < -0.4 is 29.6 Å². The van der Waals surface area contributed by atoms with E-state index < -0.39 is 10.1 Å². The van der Waals surface area contributed by atoms with Crippen LogP contribution in [0.15, 0.2) is 35.2 Å². The summed E-state index contributed by atoms with van der Waals surface area (Å²) in [5, 5.41) is 1.28. The van der Waals surface area contributed by atoms with Gasteiger partial charge in [-0.15, -0.1) is 0 Å². The number of benzene rings is 2. The molecule has 3 nitrogen and oxygen atoms in total. The number of fused-ring (bicyclic) bond motifs is 1. The van der Waals surface area contributed by atoms with Gasteiger partial charge in [0.1, 0.15) is 10.1 Å². The zero-order valence-corrected chi connectivity index (χ0v) is 12.8. The van der Waals surface area contributed by atoms with Gasteiger partial charge in [-0.05, 0) is 47.9 Å². The van der Waals surface area contributed by atoms with Crippen LogP contribution in [0.5, 0.6) is 0 Å². The van der Waals surface area contributed by atoms with Gasteiger partial charge in [0, 0.05) is 0 Å². The predicted octanol–water partition coefficient (Wildman–Crippen LogP) is -0.635. The normalized spacial score (nSPS) is 11.2. The fraction of sp³-hybridized carbons (Fsp3) is 0.167. The molecular formula is C12H11NaO3S. The predicted molar refractivity (Wildman–Crippen MR) is 61.4 cm³/mol. The molecule has 0 saturated heterocycles. The second kappa shape index (κ2) is 5.08. The van der Waals surface area contributed by atoms with Crippen molar-refractivity contribution < 1.29 is 42.5 Å². The Bertz CT molecular complexity index is 663. The van der Waals surface area contributed by atoms with E-state index >= 15 is 0 Å². The second-order valence-electron chi connectivity index (χ2n) is 3.87.